The average molecular weight is 250 g/mol. The van der Waals surface area contributed by atoms with E-state index in [0.717, 1.165) is 30.6 Å². The first-order valence-electron chi connectivity index (χ1n) is 6.30. The van der Waals surface area contributed by atoms with Crippen molar-refractivity contribution in [1.82, 2.24) is 9.88 Å². The van der Waals surface area contributed by atoms with Gasteiger partial charge in [-0.2, -0.15) is 0 Å². The predicted molar refractivity (Wildman–Crippen MR) is 71.5 cm³/mol. The molecule has 0 unspecified atom stereocenters. The Morgan fingerprint density at radius 1 is 1.50 bits per heavy atom. The molecule has 0 saturated heterocycles. The zero-order valence-corrected chi connectivity index (χ0v) is 10.9. The summed E-state index contributed by atoms with van der Waals surface area (Å²) in [5.41, 5.74) is 12.9. The largest absolute Gasteiger partial charge is 0.369 e. The summed E-state index contributed by atoms with van der Waals surface area (Å²) in [5, 5.41) is 0. The Kier molecular flexibility index (Phi) is 6.32. The predicted octanol–water partition coefficient (Wildman–Crippen LogP) is 0.628. The van der Waals surface area contributed by atoms with Crippen LogP contribution in [-0.2, 0) is 17.9 Å². The summed E-state index contributed by atoms with van der Waals surface area (Å²) in [6, 6.07) is 3.88. The normalized spacial score (nSPS) is 10.8. The lowest BCUT2D eigenvalue weighted by Gasteiger charge is -2.21. The van der Waals surface area contributed by atoms with Crippen molar-refractivity contribution in [2.24, 2.45) is 11.5 Å². The number of nitrogens with zero attached hydrogens (tertiary/aromatic N) is 2. The van der Waals surface area contributed by atoms with E-state index in [9.17, 15) is 4.79 Å². The van der Waals surface area contributed by atoms with Crippen LogP contribution < -0.4 is 11.5 Å². The number of pyridine rings is 1. The molecule has 0 bridgehead atoms. The average Bonchev–Trinajstić information content (AvgIpc) is 2.36. The smallest absolute Gasteiger partial charge is 0.231 e. The molecule has 1 aromatic rings. The van der Waals surface area contributed by atoms with Crippen molar-refractivity contribution in [2.75, 3.05) is 13.1 Å². The minimum atomic E-state index is -0.302. The van der Waals surface area contributed by atoms with Crippen LogP contribution in [0.3, 0.4) is 0 Å². The maximum absolute atomic E-state index is 11.1. The number of carbonyl (C=O) groups is 1. The highest BCUT2D eigenvalue weighted by Gasteiger charge is 2.11. The van der Waals surface area contributed by atoms with E-state index in [4.69, 9.17) is 11.5 Å². The zero-order chi connectivity index (χ0) is 13.4. The quantitative estimate of drug-likeness (QED) is 0.708. The minimum absolute atomic E-state index is 0.277. The molecule has 0 saturated carbocycles. The van der Waals surface area contributed by atoms with Gasteiger partial charge in [0.1, 0.15) is 0 Å². The summed E-state index contributed by atoms with van der Waals surface area (Å²) < 4.78 is 0. The highest BCUT2D eigenvalue weighted by Crippen LogP contribution is 2.09. The van der Waals surface area contributed by atoms with Gasteiger partial charge >= 0.3 is 0 Å². The molecule has 1 heterocycles. The van der Waals surface area contributed by atoms with E-state index < -0.39 is 0 Å². The molecule has 5 heteroatoms. The molecule has 1 rings (SSSR count). The van der Waals surface area contributed by atoms with Gasteiger partial charge in [0.2, 0.25) is 5.91 Å². The molecule has 0 aliphatic carbocycles. The van der Waals surface area contributed by atoms with Gasteiger partial charge < -0.3 is 11.5 Å². The molecule has 0 atom stereocenters. The number of unbranched alkanes of at least 4 members (excludes halogenated alkanes) is 1. The van der Waals surface area contributed by atoms with Gasteiger partial charge in [-0.25, -0.2) is 0 Å². The van der Waals surface area contributed by atoms with E-state index in [2.05, 4.69) is 11.9 Å². The van der Waals surface area contributed by atoms with Crippen LogP contribution in [0.15, 0.2) is 18.3 Å². The fourth-order valence-electron chi connectivity index (χ4n) is 1.86. The summed E-state index contributed by atoms with van der Waals surface area (Å²) in [5.74, 6) is -0.302. The summed E-state index contributed by atoms with van der Waals surface area (Å²) in [6.07, 6.45) is 3.87. The fraction of sp³-hybridized carbons (Fsp3) is 0.538. The first-order valence-corrected chi connectivity index (χ1v) is 6.30. The van der Waals surface area contributed by atoms with Crippen LogP contribution in [0.4, 0.5) is 0 Å². The third kappa shape index (κ3) is 4.81. The van der Waals surface area contributed by atoms with Gasteiger partial charge in [-0.15, -0.1) is 0 Å². The number of aromatic nitrogens is 1. The van der Waals surface area contributed by atoms with Crippen molar-refractivity contribution in [3.8, 4) is 0 Å². The van der Waals surface area contributed by atoms with Gasteiger partial charge in [0.15, 0.2) is 0 Å². The Morgan fingerprint density at radius 3 is 2.89 bits per heavy atom. The van der Waals surface area contributed by atoms with E-state index >= 15 is 0 Å². The van der Waals surface area contributed by atoms with Crippen molar-refractivity contribution < 1.29 is 4.79 Å². The summed E-state index contributed by atoms with van der Waals surface area (Å²) >= 11 is 0. The van der Waals surface area contributed by atoms with Crippen LogP contribution in [0.5, 0.6) is 0 Å². The molecule has 0 fully saturated rings. The molecule has 0 spiro atoms. The van der Waals surface area contributed by atoms with Crippen molar-refractivity contribution in [3.05, 3.63) is 29.6 Å². The van der Waals surface area contributed by atoms with Crippen LogP contribution in [0.1, 0.15) is 31.0 Å². The van der Waals surface area contributed by atoms with Crippen LogP contribution >= 0.6 is 0 Å². The highest BCUT2D eigenvalue weighted by atomic mass is 16.1. The molecule has 5 nitrogen and oxygen atoms in total. The monoisotopic (exact) mass is 250 g/mol. The second kappa shape index (κ2) is 7.79. The number of carbonyl (C=O) groups excluding carboxylic acids is 1. The second-order valence-electron chi connectivity index (χ2n) is 4.34. The lowest BCUT2D eigenvalue weighted by molar-refractivity contribution is -0.119. The van der Waals surface area contributed by atoms with Gasteiger partial charge in [-0.3, -0.25) is 14.7 Å². The first-order chi connectivity index (χ1) is 8.67. The Balaban J connectivity index is 2.71. The number of primary amides is 1. The van der Waals surface area contributed by atoms with Crippen molar-refractivity contribution in [1.29, 1.82) is 0 Å². The zero-order valence-electron chi connectivity index (χ0n) is 10.9. The SMILES string of the molecule is CCCCN(CC(N)=O)Cc1cccnc1CN. The van der Waals surface area contributed by atoms with E-state index in [1.54, 1.807) is 6.20 Å². The molecular formula is C13H22N4O. The van der Waals surface area contributed by atoms with Gasteiger partial charge in [0.05, 0.1) is 12.2 Å². The Bertz CT molecular complexity index is 381. The third-order valence-electron chi connectivity index (χ3n) is 2.78. The maximum Gasteiger partial charge on any atom is 0.231 e. The number of hydrogen-bond acceptors (Lipinski definition) is 4. The number of hydrogen-bond donors (Lipinski definition) is 2. The fourth-order valence-corrected chi connectivity index (χ4v) is 1.86. The van der Waals surface area contributed by atoms with Crippen LogP contribution in [0.25, 0.3) is 0 Å². The Morgan fingerprint density at radius 2 is 2.28 bits per heavy atom. The number of nitrogens with two attached hydrogens (primary N) is 2. The van der Waals surface area contributed by atoms with E-state index in [0.29, 0.717) is 13.1 Å². The number of amides is 1. The molecule has 100 valence electrons. The molecule has 18 heavy (non-hydrogen) atoms. The summed E-state index contributed by atoms with van der Waals surface area (Å²) in [6.45, 7) is 4.34. The highest BCUT2D eigenvalue weighted by molar-refractivity contribution is 5.75. The minimum Gasteiger partial charge on any atom is -0.369 e. The van der Waals surface area contributed by atoms with Crippen LogP contribution in [-0.4, -0.2) is 28.9 Å². The van der Waals surface area contributed by atoms with Crippen molar-refractivity contribution >= 4 is 5.91 Å². The summed E-state index contributed by atoms with van der Waals surface area (Å²) in [7, 11) is 0. The van der Waals surface area contributed by atoms with E-state index in [1.165, 1.54) is 0 Å². The second-order valence-corrected chi connectivity index (χ2v) is 4.34. The lowest BCUT2D eigenvalue weighted by atomic mass is 10.1. The van der Waals surface area contributed by atoms with Gasteiger partial charge in [-0.1, -0.05) is 19.4 Å². The molecule has 0 aliphatic rings. The molecule has 0 aromatic carbocycles. The van der Waals surface area contributed by atoms with E-state index in [-0.39, 0.29) is 12.5 Å². The van der Waals surface area contributed by atoms with Crippen molar-refractivity contribution in [2.45, 2.75) is 32.9 Å². The Labute approximate surface area is 108 Å². The molecular weight excluding hydrogens is 228 g/mol. The molecule has 1 aromatic heterocycles. The number of rotatable bonds is 8. The lowest BCUT2D eigenvalue weighted by Crippen LogP contribution is -2.34. The molecule has 0 radical (unpaired) electrons. The van der Waals surface area contributed by atoms with E-state index in [1.807, 2.05) is 17.0 Å². The molecule has 4 N–H and O–H groups in total. The van der Waals surface area contributed by atoms with Crippen molar-refractivity contribution in [3.63, 3.8) is 0 Å². The third-order valence-corrected chi connectivity index (χ3v) is 2.78. The molecule has 1 amide bonds. The maximum atomic E-state index is 11.1. The van der Waals surface area contributed by atoms with Gasteiger partial charge in [0, 0.05) is 19.3 Å². The molecule has 0 aliphatic heterocycles. The topological polar surface area (TPSA) is 85.2 Å². The summed E-state index contributed by atoms with van der Waals surface area (Å²) in [4.78, 5) is 17.3. The standard InChI is InChI=1S/C13H22N4O/c1-2-3-7-17(10-13(15)18)9-11-5-4-6-16-12(11)8-14/h4-6H,2-3,7-10,14H2,1H3,(H2,15,18). The van der Waals surface area contributed by atoms with Gasteiger partial charge in [-0.05, 0) is 24.6 Å². The van der Waals surface area contributed by atoms with Gasteiger partial charge in [0.25, 0.3) is 0 Å². The Hall–Kier alpha value is -1.46. The van der Waals surface area contributed by atoms with Crippen LogP contribution in [0, 0.1) is 0 Å². The first kappa shape index (κ1) is 14.6. The van der Waals surface area contributed by atoms with Crippen LogP contribution in [0.2, 0.25) is 0 Å².